The molecule has 0 saturated carbocycles. The first-order valence-electron chi connectivity index (χ1n) is 10.1. The minimum atomic E-state index is -0.279. The molecule has 5 heteroatoms. The zero-order chi connectivity index (χ0) is 20.6. The highest BCUT2D eigenvalue weighted by Crippen LogP contribution is 2.20. The fourth-order valence-electron chi connectivity index (χ4n) is 3.09. The highest BCUT2D eigenvalue weighted by molar-refractivity contribution is 6.02. The van der Waals surface area contributed by atoms with E-state index < -0.39 is 0 Å². The Morgan fingerprint density at radius 2 is 1.62 bits per heavy atom. The van der Waals surface area contributed by atoms with Gasteiger partial charge in [0.15, 0.2) is 5.76 Å². The molecule has 0 fully saturated rings. The molecule has 0 aliphatic heterocycles. The predicted molar refractivity (Wildman–Crippen MR) is 117 cm³/mol. The number of hydrogen-bond acceptors (Lipinski definition) is 4. The van der Waals surface area contributed by atoms with E-state index >= 15 is 0 Å². The Labute approximate surface area is 172 Å². The highest BCUT2D eigenvalue weighted by Gasteiger charge is 2.12. The number of nitrogens with zero attached hydrogens (tertiary/aromatic N) is 1. The minimum Gasteiger partial charge on any atom is -0.486 e. The van der Waals surface area contributed by atoms with Gasteiger partial charge in [0.2, 0.25) is 0 Å². The molecule has 0 atom stereocenters. The van der Waals surface area contributed by atoms with Gasteiger partial charge >= 0.3 is 0 Å². The number of carbonyl (C=O) groups is 1. The summed E-state index contributed by atoms with van der Waals surface area (Å²) >= 11 is 0. The fraction of sp³-hybridized carbons (Fsp3) is 0.292. The van der Waals surface area contributed by atoms with Gasteiger partial charge in [-0.05, 0) is 74.4 Å². The summed E-state index contributed by atoms with van der Waals surface area (Å²) in [5.41, 5.74) is 3.13. The van der Waals surface area contributed by atoms with Gasteiger partial charge in [-0.3, -0.25) is 4.79 Å². The Kier molecular flexibility index (Phi) is 6.95. The number of benzene rings is 2. The zero-order valence-corrected chi connectivity index (χ0v) is 17.3. The van der Waals surface area contributed by atoms with Gasteiger partial charge in [-0.25, -0.2) is 0 Å². The largest absolute Gasteiger partial charge is 0.486 e. The van der Waals surface area contributed by atoms with Crippen LogP contribution in [0.5, 0.6) is 5.75 Å². The van der Waals surface area contributed by atoms with Crippen molar-refractivity contribution in [2.24, 2.45) is 0 Å². The lowest BCUT2D eigenvalue weighted by atomic mass is 10.2. The van der Waals surface area contributed by atoms with Gasteiger partial charge in [-0.1, -0.05) is 19.1 Å². The topological polar surface area (TPSA) is 54.7 Å². The number of ether oxygens (including phenoxy) is 1. The monoisotopic (exact) mass is 392 g/mol. The third-order valence-corrected chi connectivity index (χ3v) is 4.85. The average Bonchev–Trinajstić information content (AvgIpc) is 3.24. The standard InChI is InChI=1S/C24H28N2O3/c1-4-18-7-13-21(14-8-18)28-17-22-15-16-23(29-22)24(27)25-19-9-11-20(12-10-19)26(5-2)6-3/h7-16H,4-6,17H2,1-3H3,(H,25,27). The number of amides is 1. The van der Waals surface area contributed by atoms with Crippen molar-refractivity contribution in [3.8, 4) is 5.75 Å². The van der Waals surface area contributed by atoms with Crippen LogP contribution in [0.25, 0.3) is 0 Å². The Balaban J connectivity index is 1.56. The third kappa shape index (κ3) is 5.41. The molecule has 1 N–H and O–H groups in total. The highest BCUT2D eigenvalue weighted by atomic mass is 16.5. The van der Waals surface area contributed by atoms with Crippen molar-refractivity contribution < 1.29 is 13.9 Å². The smallest absolute Gasteiger partial charge is 0.291 e. The first-order valence-corrected chi connectivity index (χ1v) is 10.1. The number of nitrogens with one attached hydrogen (secondary N) is 1. The number of furan rings is 1. The van der Waals surface area contributed by atoms with Crippen molar-refractivity contribution in [1.82, 2.24) is 0 Å². The summed E-state index contributed by atoms with van der Waals surface area (Å²) in [5.74, 6) is 1.36. The number of rotatable bonds is 9. The Hall–Kier alpha value is -3.21. The van der Waals surface area contributed by atoms with Crippen molar-refractivity contribution in [3.05, 3.63) is 77.7 Å². The van der Waals surface area contributed by atoms with Crippen LogP contribution in [-0.2, 0) is 13.0 Å². The van der Waals surface area contributed by atoms with Crippen molar-refractivity contribution in [2.75, 3.05) is 23.3 Å². The molecule has 0 unspecified atom stereocenters. The molecule has 1 amide bonds. The van der Waals surface area contributed by atoms with Crippen molar-refractivity contribution in [3.63, 3.8) is 0 Å². The van der Waals surface area contributed by atoms with E-state index in [1.165, 1.54) is 5.56 Å². The van der Waals surface area contributed by atoms with Crippen LogP contribution >= 0.6 is 0 Å². The van der Waals surface area contributed by atoms with Crippen LogP contribution < -0.4 is 15.0 Å². The van der Waals surface area contributed by atoms with Crippen LogP contribution in [0.3, 0.4) is 0 Å². The van der Waals surface area contributed by atoms with E-state index in [9.17, 15) is 4.79 Å². The van der Waals surface area contributed by atoms with Crippen LogP contribution in [0, 0.1) is 0 Å². The molecule has 1 aromatic heterocycles. The van der Waals surface area contributed by atoms with Crippen molar-refractivity contribution in [2.45, 2.75) is 33.8 Å². The number of aryl methyl sites for hydroxylation is 1. The summed E-state index contributed by atoms with van der Waals surface area (Å²) in [4.78, 5) is 14.7. The summed E-state index contributed by atoms with van der Waals surface area (Å²) in [6.45, 7) is 8.53. The summed E-state index contributed by atoms with van der Waals surface area (Å²) in [5, 5.41) is 2.87. The molecule has 5 nitrogen and oxygen atoms in total. The molecule has 3 rings (SSSR count). The maximum Gasteiger partial charge on any atom is 0.291 e. The minimum absolute atomic E-state index is 0.262. The van der Waals surface area contributed by atoms with E-state index in [2.05, 4.69) is 31.0 Å². The summed E-state index contributed by atoms with van der Waals surface area (Å²) in [6, 6.07) is 19.2. The molecule has 0 aliphatic rings. The van der Waals surface area contributed by atoms with E-state index in [1.54, 1.807) is 12.1 Å². The quantitative estimate of drug-likeness (QED) is 0.521. The molecule has 0 bridgehead atoms. The maximum absolute atomic E-state index is 12.4. The molecule has 29 heavy (non-hydrogen) atoms. The lowest BCUT2D eigenvalue weighted by Crippen LogP contribution is -2.21. The second kappa shape index (κ2) is 9.82. The molecular formula is C24H28N2O3. The average molecular weight is 392 g/mol. The molecule has 152 valence electrons. The number of hydrogen-bond donors (Lipinski definition) is 1. The van der Waals surface area contributed by atoms with Crippen molar-refractivity contribution >= 4 is 17.3 Å². The lowest BCUT2D eigenvalue weighted by Gasteiger charge is -2.21. The second-order valence-electron chi connectivity index (χ2n) is 6.73. The molecule has 0 aliphatic carbocycles. The van der Waals surface area contributed by atoms with Gasteiger partial charge < -0.3 is 19.4 Å². The molecule has 0 radical (unpaired) electrons. The van der Waals surface area contributed by atoms with Gasteiger partial charge in [0.1, 0.15) is 18.1 Å². The number of anilines is 2. The molecule has 3 aromatic rings. The van der Waals surface area contributed by atoms with Gasteiger partial charge in [-0.2, -0.15) is 0 Å². The predicted octanol–water partition coefficient (Wildman–Crippen LogP) is 5.52. The Morgan fingerprint density at radius 3 is 2.24 bits per heavy atom. The number of carbonyl (C=O) groups excluding carboxylic acids is 1. The summed E-state index contributed by atoms with van der Waals surface area (Å²) < 4.78 is 11.4. The van der Waals surface area contributed by atoms with E-state index in [0.717, 1.165) is 36.6 Å². The molecule has 0 saturated heterocycles. The molecule has 2 aromatic carbocycles. The van der Waals surface area contributed by atoms with E-state index in [-0.39, 0.29) is 18.3 Å². The van der Waals surface area contributed by atoms with E-state index in [0.29, 0.717) is 5.76 Å². The maximum atomic E-state index is 12.4. The Bertz CT molecular complexity index is 910. The van der Waals surface area contributed by atoms with Crippen LogP contribution in [0.4, 0.5) is 11.4 Å². The van der Waals surface area contributed by atoms with Crippen LogP contribution in [0.15, 0.2) is 65.1 Å². The van der Waals surface area contributed by atoms with Crippen LogP contribution in [0.1, 0.15) is 42.6 Å². The fourth-order valence-corrected chi connectivity index (χ4v) is 3.09. The van der Waals surface area contributed by atoms with Crippen LogP contribution in [-0.4, -0.2) is 19.0 Å². The lowest BCUT2D eigenvalue weighted by molar-refractivity contribution is 0.0992. The van der Waals surface area contributed by atoms with Gasteiger partial charge in [-0.15, -0.1) is 0 Å². The normalized spacial score (nSPS) is 10.6. The van der Waals surface area contributed by atoms with Gasteiger partial charge in [0.05, 0.1) is 0 Å². The molecule has 1 heterocycles. The molecular weight excluding hydrogens is 364 g/mol. The van der Waals surface area contributed by atoms with Gasteiger partial charge in [0.25, 0.3) is 5.91 Å². The first-order chi connectivity index (χ1) is 14.1. The second-order valence-corrected chi connectivity index (χ2v) is 6.73. The summed E-state index contributed by atoms with van der Waals surface area (Å²) in [7, 11) is 0. The Morgan fingerprint density at radius 1 is 0.931 bits per heavy atom. The zero-order valence-electron chi connectivity index (χ0n) is 17.3. The van der Waals surface area contributed by atoms with E-state index in [4.69, 9.17) is 9.15 Å². The van der Waals surface area contributed by atoms with Crippen LogP contribution in [0.2, 0.25) is 0 Å². The van der Waals surface area contributed by atoms with E-state index in [1.807, 2.05) is 48.5 Å². The van der Waals surface area contributed by atoms with Crippen molar-refractivity contribution in [1.29, 1.82) is 0 Å². The first kappa shape index (κ1) is 20.5. The molecule has 0 spiro atoms. The summed E-state index contributed by atoms with van der Waals surface area (Å²) in [6.07, 6.45) is 0.995. The van der Waals surface area contributed by atoms with Gasteiger partial charge in [0, 0.05) is 24.5 Å². The third-order valence-electron chi connectivity index (χ3n) is 4.85. The SMILES string of the molecule is CCc1ccc(OCc2ccc(C(=O)Nc3ccc(N(CC)CC)cc3)o2)cc1.